The standard InChI is InChI=1S/C17H15BrN4O4S/c18-12-3-1-11(2-4-12)17-21-16(26-22-17)10-9-15(23)20-13-5-7-14(8-6-13)27(19,24)25/h1-8H,9-10H2,(H,20,23)(H2,19,24,25). The van der Waals surface area contributed by atoms with E-state index in [1.807, 2.05) is 24.3 Å². The fourth-order valence-electron chi connectivity index (χ4n) is 2.24. The van der Waals surface area contributed by atoms with Gasteiger partial charge >= 0.3 is 0 Å². The molecule has 0 spiro atoms. The van der Waals surface area contributed by atoms with Crippen molar-refractivity contribution in [1.29, 1.82) is 0 Å². The second kappa shape index (κ2) is 7.99. The minimum absolute atomic E-state index is 0.0215. The van der Waals surface area contributed by atoms with E-state index in [1.165, 1.54) is 24.3 Å². The highest BCUT2D eigenvalue weighted by atomic mass is 79.9. The van der Waals surface area contributed by atoms with Crippen LogP contribution in [0, 0.1) is 0 Å². The Hall–Kier alpha value is -2.56. The van der Waals surface area contributed by atoms with Crippen LogP contribution in [0.25, 0.3) is 11.4 Å². The van der Waals surface area contributed by atoms with Crippen LogP contribution in [0.5, 0.6) is 0 Å². The van der Waals surface area contributed by atoms with E-state index in [1.54, 1.807) is 0 Å². The van der Waals surface area contributed by atoms with Gasteiger partial charge in [0.1, 0.15) is 0 Å². The molecule has 0 atom stereocenters. The van der Waals surface area contributed by atoms with E-state index in [0.29, 0.717) is 17.4 Å². The highest BCUT2D eigenvalue weighted by Gasteiger charge is 2.12. The predicted molar refractivity (Wildman–Crippen MR) is 102 cm³/mol. The highest BCUT2D eigenvalue weighted by Crippen LogP contribution is 2.19. The average molecular weight is 451 g/mol. The van der Waals surface area contributed by atoms with Gasteiger partial charge in [0.25, 0.3) is 0 Å². The first-order valence-electron chi connectivity index (χ1n) is 7.82. The summed E-state index contributed by atoms with van der Waals surface area (Å²) in [7, 11) is -3.76. The summed E-state index contributed by atoms with van der Waals surface area (Å²) in [5.74, 6) is 0.547. The van der Waals surface area contributed by atoms with Crippen LogP contribution in [0.4, 0.5) is 5.69 Å². The molecule has 140 valence electrons. The number of anilines is 1. The van der Waals surface area contributed by atoms with Gasteiger partial charge in [-0.25, -0.2) is 13.6 Å². The van der Waals surface area contributed by atoms with Crippen LogP contribution in [0.3, 0.4) is 0 Å². The molecular weight excluding hydrogens is 436 g/mol. The topological polar surface area (TPSA) is 128 Å². The molecule has 0 aliphatic carbocycles. The first kappa shape index (κ1) is 19.2. The monoisotopic (exact) mass is 450 g/mol. The Morgan fingerprint density at radius 2 is 1.78 bits per heavy atom. The first-order chi connectivity index (χ1) is 12.8. The van der Waals surface area contributed by atoms with Gasteiger partial charge in [-0.3, -0.25) is 4.79 Å². The number of aromatic nitrogens is 2. The molecular formula is C17H15BrN4O4S. The molecule has 0 fully saturated rings. The van der Waals surface area contributed by atoms with Gasteiger partial charge in [0.2, 0.25) is 27.6 Å². The van der Waals surface area contributed by atoms with Crippen molar-refractivity contribution < 1.29 is 17.7 Å². The van der Waals surface area contributed by atoms with Crippen LogP contribution in [0.2, 0.25) is 0 Å². The number of halogens is 1. The number of hydrogen-bond acceptors (Lipinski definition) is 6. The minimum Gasteiger partial charge on any atom is -0.339 e. The van der Waals surface area contributed by atoms with Crippen molar-refractivity contribution in [2.45, 2.75) is 17.7 Å². The maximum absolute atomic E-state index is 12.0. The van der Waals surface area contributed by atoms with Gasteiger partial charge in [0.15, 0.2) is 0 Å². The number of carbonyl (C=O) groups excluding carboxylic acids is 1. The van der Waals surface area contributed by atoms with Crippen LogP contribution in [-0.4, -0.2) is 24.5 Å². The number of sulfonamides is 1. The summed E-state index contributed by atoms with van der Waals surface area (Å²) >= 11 is 3.36. The van der Waals surface area contributed by atoms with Crippen LogP contribution >= 0.6 is 15.9 Å². The largest absolute Gasteiger partial charge is 0.339 e. The molecule has 27 heavy (non-hydrogen) atoms. The van der Waals surface area contributed by atoms with Gasteiger partial charge in [-0.05, 0) is 48.5 Å². The van der Waals surface area contributed by atoms with Crippen molar-refractivity contribution >= 4 is 37.5 Å². The number of primary sulfonamides is 1. The van der Waals surface area contributed by atoms with Gasteiger partial charge in [0.05, 0.1) is 4.90 Å². The molecule has 0 aliphatic heterocycles. The molecule has 8 nitrogen and oxygen atoms in total. The maximum atomic E-state index is 12.0. The second-order valence-corrected chi connectivity index (χ2v) is 8.11. The quantitative estimate of drug-likeness (QED) is 0.593. The Labute approximate surface area is 164 Å². The number of rotatable bonds is 6. The second-order valence-electron chi connectivity index (χ2n) is 5.64. The molecule has 1 amide bonds. The van der Waals surface area contributed by atoms with Gasteiger partial charge in [-0.2, -0.15) is 4.98 Å². The van der Waals surface area contributed by atoms with E-state index >= 15 is 0 Å². The molecule has 0 bridgehead atoms. The molecule has 0 saturated heterocycles. The average Bonchev–Trinajstić information content (AvgIpc) is 3.09. The van der Waals surface area contributed by atoms with Crippen molar-refractivity contribution in [3.8, 4) is 11.4 Å². The zero-order valence-electron chi connectivity index (χ0n) is 13.9. The molecule has 3 rings (SSSR count). The lowest BCUT2D eigenvalue weighted by atomic mass is 10.2. The normalized spacial score (nSPS) is 11.3. The van der Waals surface area contributed by atoms with Crippen LogP contribution in [0.15, 0.2) is 62.4 Å². The van der Waals surface area contributed by atoms with E-state index in [4.69, 9.17) is 9.66 Å². The number of nitrogens with zero attached hydrogens (tertiary/aromatic N) is 2. The molecule has 3 aromatic rings. The van der Waals surface area contributed by atoms with E-state index in [2.05, 4.69) is 31.4 Å². The zero-order valence-corrected chi connectivity index (χ0v) is 16.3. The van der Waals surface area contributed by atoms with Crippen LogP contribution in [0.1, 0.15) is 12.3 Å². The Kier molecular flexibility index (Phi) is 5.68. The summed E-state index contributed by atoms with van der Waals surface area (Å²) in [6.45, 7) is 0. The lowest BCUT2D eigenvalue weighted by molar-refractivity contribution is -0.116. The fourth-order valence-corrected chi connectivity index (χ4v) is 3.02. The van der Waals surface area contributed by atoms with E-state index in [-0.39, 0.29) is 23.6 Å². The van der Waals surface area contributed by atoms with E-state index in [0.717, 1.165) is 10.0 Å². The number of nitrogens with two attached hydrogens (primary N) is 1. The van der Waals surface area contributed by atoms with Gasteiger partial charge in [-0.1, -0.05) is 21.1 Å². The number of aryl methyl sites for hydroxylation is 1. The minimum atomic E-state index is -3.76. The number of carbonyl (C=O) groups is 1. The predicted octanol–water partition coefficient (Wildman–Crippen LogP) is 2.72. The van der Waals surface area contributed by atoms with Crippen molar-refractivity contribution in [3.05, 3.63) is 58.9 Å². The molecule has 2 aromatic carbocycles. The number of benzene rings is 2. The third-order valence-corrected chi connectivity index (χ3v) is 5.06. The van der Waals surface area contributed by atoms with Crippen LogP contribution in [-0.2, 0) is 21.2 Å². The van der Waals surface area contributed by atoms with Gasteiger partial charge in [-0.15, -0.1) is 0 Å². The lowest BCUT2D eigenvalue weighted by Gasteiger charge is -2.05. The molecule has 0 radical (unpaired) electrons. The number of amides is 1. The summed E-state index contributed by atoms with van der Waals surface area (Å²) < 4.78 is 28.5. The first-order valence-corrected chi connectivity index (χ1v) is 10.2. The van der Waals surface area contributed by atoms with Gasteiger partial charge < -0.3 is 9.84 Å². The molecule has 0 aliphatic rings. The molecule has 1 aromatic heterocycles. The molecule has 10 heteroatoms. The number of hydrogen-bond donors (Lipinski definition) is 2. The summed E-state index contributed by atoms with van der Waals surface area (Å²) in [5.41, 5.74) is 1.28. The van der Waals surface area contributed by atoms with Crippen molar-refractivity contribution in [2.75, 3.05) is 5.32 Å². The molecule has 3 N–H and O–H groups in total. The number of nitrogens with one attached hydrogen (secondary N) is 1. The Morgan fingerprint density at radius 3 is 2.41 bits per heavy atom. The summed E-state index contributed by atoms with van der Waals surface area (Å²) in [5, 5.41) is 11.6. The Morgan fingerprint density at radius 1 is 1.11 bits per heavy atom. The summed E-state index contributed by atoms with van der Waals surface area (Å²) in [6.07, 6.45) is 0.420. The van der Waals surface area contributed by atoms with Crippen LogP contribution < -0.4 is 10.5 Å². The Bertz CT molecular complexity index is 1050. The van der Waals surface area contributed by atoms with E-state index in [9.17, 15) is 13.2 Å². The Balaban J connectivity index is 1.56. The third-order valence-electron chi connectivity index (χ3n) is 3.60. The molecule has 0 unspecified atom stereocenters. The van der Waals surface area contributed by atoms with Gasteiger partial charge in [0, 0.05) is 28.6 Å². The maximum Gasteiger partial charge on any atom is 0.238 e. The summed E-state index contributed by atoms with van der Waals surface area (Å²) in [4.78, 5) is 16.3. The highest BCUT2D eigenvalue weighted by molar-refractivity contribution is 9.10. The molecule has 1 heterocycles. The van der Waals surface area contributed by atoms with Crippen molar-refractivity contribution in [1.82, 2.24) is 10.1 Å². The van der Waals surface area contributed by atoms with Crippen molar-refractivity contribution in [2.24, 2.45) is 5.14 Å². The lowest BCUT2D eigenvalue weighted by Crippen LogP contribution is -2.14. The SMILES string of the molecule is NS(=O)(=O)c1ccc(NC(=O)CCc2nc(-c3ccc(Br)cc3)no2)cc1. The van der Waals surface area contributed by atoms with Crippen molar-refractivity contribution in [3.63, 3.8) is 0 Å². The third kappa shape index (κ3) is 5.22. The molecule has 0 saturated carbocycles. The summed E-state index contributed by atoms with van der Waals surface area (Å²) in [6, 6.07) is 13.1. The zero-order chi connectivity index (χ0) is 19.4. The van der Waals surface area contributed by atoms with E-state index < -0.39 is 10.0 Å². The fraction of sp³-hybridized carbons (Fsp3) is 0.118. The smallest absolute Gasteiger partial charge is 0.238 e.